The zero-order chi connectivity index (χ0) is 19.3. The van der Waals surface area contributed by atoms with Gasteiger partial charge in [0.25, 0.3) is 0 Å². The Bertz CT molecular complexity index is 731. The highest BCUT2D eigenvalue weighted by Gasteiger charge is 2.35. The average molecular weight is 413 g/mol. The van der Waals surface area contributed by atoms with E-state index in [1.807, 2.05) is 29.2 Å². The van der Waals surface area contributed by atoms with Crippen molar-refractivity contribution in [2.24, 2.45) is 0 Å². The molecule has 0 bridgehead atoms. The molecular formula is C19H28N2O4S2. The second kappa shape index (κ2) is 9.21. The Morgan fingerprint density at radius 1 is 1.33 bits per heavy atom. The summed E-state index contributed by atoms with van der Waals surface area (Å²) in [7, 11) is -1.31. The molecule has 2 aliphatic rings. The summed E-state index contributed by atoms with van der Waals surface area (Å²) in [5.74, 6) is 1.26. The Balaban J connectivity index is 1.56. The van der Waals surface area contributed by atoms with Crippen molar-refractivity contribution in [1.29, 1.82) is 0 Å². The summed E-state index contributed by atoms with van der Waals surface area (Å²) in [6.07, 6.45) is 3.66. The molecule has 2 aliphatic heterocycles. The van der Waals surface area contributed by atoms with Crippen LogP contribution in [0.25, 0.3) is 0 Å². The maximum Gasteiger partial charge on any atom is 0.169 e. The summed E-state index contributed by atoms with van der Waals surface area (Å²) in [6, 6.07) is 7.91. The molecule has 0 amide bonds. The molecule has 8 heteroatoms. The van der Waals surface area contributed by atoms with E-state index in [4.69, 9.17) is 21.7 Å². The van der Waals surface area contributed by atoms with Crippen LogP contribution in [0.2, 0.25) is 0 Å². The number of sulfone groups is 1. The molecule has 0 aliphatic carbocycles. The Hall–Kier alpha value is -1.38. The van der Waals surface area contributed by atoms with Crippen molar-refractivity contribution >= 4 is 27.2 Å². The fraction of sp³-hybridized carbons (Fsp3) is 0.632. The van der Waals surface area contributed by atoms with Crippen LogP contribution in [0.1, 0.15) is 24.8 Å². The molecule has 0 saturated carbocycles. The Morgan fingerprint density at radius 2 is 2.11 bits per heavy atom. The summed E-state index contributed by atoms with van der Waals surface area (Å²) in [4.78, 5) is 2.05. The fourth-order valence-electron chi connectivity index (χ4n) is 3.63. The standard InChI is InChI=1S/C19H28N2O4S2/c1-24-17-6-4-15(5-7-17)8-10-20-19(26)21(13-18-3-2-11-25-18)16-9-12-27(22,23)14-16/h4-7,16,18H,2-3,8-14H2,1H3,(H,20,26). The van der Waals surface area contributed by atoms with Gasteiger partial charge in [0, 0.05) is 25.7 Å². The van der Waals surface area contributed by atoms with E-state index in [1.54, 1.807) is 7.11 Å². The number of ether oxygens (including phenoxy) is 2. The van der Waals surface area contributed by atoms with Crippen molar-refractivity contribution in [3.05, 3.63) is 29.8 Å². The van der Waals surface area contributed by atoms with Gasteiger partial charge in [-0.3, -0.25) is 0 Å². The van der Waals surface area contributed by atoms with Gasteiger partial charge in [-0.1, -0.05) is 12.1 Å². The minimum absolute atomic E-state index is 0.0554. The maximum atomic E-state index is 11.9. The van der Waals surface area contributed by atoms with Crippen molar-refractivity contribution in [2.75, 3.05) is 38.3 Å². The first kappa shape index (κ1) is 20.4. The molecule has 1 N–H and O–H groups in total. The summed E-state index contributed by atoms with van der Waals surface area (Å²) in [5.41, 5.74) is 1.19. The van der Waals surface area contributed by atoms with E-state index < -0.39 is 9.84 Å². The Labute approximate surface area is 167 Å². The molecule has 0 aromatic heterocycles. The van der Waals surface area contributed by atoms with Crippen molar-refractivity contribution in [3.8, 4) is 5.75 Å². The molecule has 2 unspecified atom stereocenters. The van der Waals surface area contributed by atoms with Gasteiger partial charge in [-0.2, -0.15) is 0 Å². The number of hydrogen-bond donors (Lipinski definition) is 1. The van der Waals surface area contributed by atoms with Crippen LogP contribution in [0.15, 0.2) is 24.3 Å². The first-order valence-corrected chi connectivity index (χ1v) is 11.7. The smallest absolute Gasteiger partial charge is 0.169 e. The van der Waals surface area contributed by atoms with Crippen LogP contribution in [-0.2, 0) is 21.0 Å². The third-order valence-corrected chi connectivity index (χ3v) is 7.31. The van der Waals surface area contributed by atoms with E-state index in [1.165, 1.54) is 5.56 Å². The fourth-order valence-corrected chi connectivity index (χ4v) is 5.69. The SMILES string of the molecule is COc1ccc(CCNC(=S)N(CC2CCCO2)C2CCS(=O)(=O)C2)cc1. The molecule has 150 valence electrons. The molecular weight excluding hydrogens is 384 g/mol. The Morgan fingerprint density at radius 3 is 2.70 bits per heavy atom. The van der Waals surface area contributed by atoms with Crippen LogP contribution >= 0.6 is 12.2 Å². The molecule has 2 heterocycles. The number of nitrogens with one attached hydrogen (secondary N) is 1. The van der Waals surface area contributed by atoms with Crippen molar-refractivity contribution in [1.82, 2.24) is 10.2 Å². The lowest BCUT2D eigenvalue weighted by atomic mass is 10.1. The molecule has 3 rings (SSSR count). The first-order chi connectivity index (χ1) is 13.0. The highest BCUT2D eigenvalue weighted by molar-refractivity contribution is 7.91. The summed E-state index contributed by atoms with van der Waals surface area (Å²) < 4.78 is 34.8. The van der Waals surface area contributed by atoms with E-state index >= 15 is 0 Å². The lowest BCUT2D eigenvalue weighted by molar-refractivity contribution is 0.0842. The second-order valence-electron chi connectivity index (χ2n) is 7.17. The second-order valence-corrected chi connectivity index (χ2v) is 9.79. The topological polar surface area (TPSA) is 67.9 Å². The number of rotatable bonds is 7. The molecule has 1 aromatic rings. The third kappa shape index (κ3) is 5.80. The summed E-state index contributed by atoms with van der Waals surface area (Å²) >= 11 is 5.62. The molecule has 2 atom stereocenters. The van der Waals surface area contributed by atoms with Gasteiger partial charge >= 0.3 is 0 Å². The zero-order valence-corrected chi connectivity index (χ0v) is 17.4. The van der Waals surface area contributed by atoms with Crippen molar-refractivity contribution in [2.45, 2.75) is 37.8 Å². The molecule has 2 saturated heterocycles. The third-order valence-electron chi connectivity index (χ3n) is 5.18. The number of benzene rings is 1. The van der Waals surface area contributed by atoms with Gasteiger partial charge in [0.2, 0.25) is 0 Å². The molecule has 2 fully saturated rings. The van der Waals surface area contributed by atoms with E-state index in [0.29, 0.717) is 24.6 Å². The number of thiocarbonyl (C=S) groups is 1. The van der Waals surface area contributed by atoms with E-state index in [-0.39, 0.29) is 23.7 Å². The van der Waals surface area contributed by atoms with Crippen LogP contribution in [-0.4, -0.2) is 68.9 Å². The van der Waals surface area contributed by atoms with Crippen molar-refractivity contribution < 1.29 is 17.9 Å². The van der Waals surface area contributed by atoms with Crippen LogP contribution in [0, 0.1) is 0 Å². The predicted molar refractivity (Wildman–Crippen MR) is 110 cm³/mol. The number of nitrogens with zero attached hydrogens (tertiary/aromatic N) is 1. The van der Waals surface area contributed by atoms with Gasteiger partial charge in [0.1, 0.15) is 5.75 Å². The molecule has 0 radical (unpaired) electrons. The summed E-state index contributed by atoms with van der Waals surface area (Å²) in [5, 5.41) is 3.94. The quantitative estimate of drug-likeness (QED) is 0.685. The van der Waals surface area contributed by atoms with Gasteiger partial charge < -0.3 is 19.7 Å². The van der Waals surface area contributed by atoms with Gasteiger partial charge in [0.15, 0.2) is 14.9 Å². The highest BCUT2D eigenvalue weighted by Crippen LogP contribution is 2.21. The zero-order valence-electron chi connectivity index (χ0n) is 15.7. The minimum Gasteiger partial charge on any atom is -0.497 e. The normalized spacial score (nSPS) is 23.9. The molecule has 6 nitrogen and oxygen atoms in total. The average Bonchev–Trinajstić information content (AvgIpc) is 3.29. The Kier molecular flexibility index (Phi) is 6.94. The van der Waals surface area contributed by atoms with Gasteiger partial charge in [0.05, 0.1) is 24.7 Å². The first-order valence-electron chi connectivity index (χ1n) is 9.46. The van der Waals surface area contributed by atoms with Gasteiger partial charge in [-0.05, 0) is 55.6 Å². The summed E-state index contributed by atoms with van der Waals surface area (Å²) in [6.45, 7) is 2.14. The monoisotopic (exact) mass is 412 g/mol. The van der Waals surface area contributed by atoms with Crippen LogP contribution in [0.4, 0.5) is 0 Å². The van der Waals surface area contributed by atoms with Crippen LogP contribution in [0.3, 0.4) is 0 Å². The highest BCUT2D eigenvalue weighted by atomic mass is 32.2. The predicted octanol–water partition coefficient (Wildman–Crippen LogP) is 1.78. The molecule has 1 aromatic carbocycles. The number of methoxy groups -OCH3 is 1. The van der Waals surface area contributed by atoms with Crippen LogP contribution in [0.5, 0.6) is 5.75 Å². The van der Waals surface area contributed by atoms with E-state index in [0.717, 1.165) is 31.6 Å². The van der Waals surface area contributed by atoms with E-state index in [9.17, 15) is 8.42 Å². The largest absolute Gasteiger partial charge is 0.497 e. The van der Waals surface area contributed by atoms with Crippen LogP contribution < -0.4 is 10.1 Å². The lowest BCUT2D eigenvalue weighted by Crippen LogP contribution is -2.50. The van der Waals surface area contributed by atoms with Crippen molar-refractivity contribution in [3.63, 3.8) is 0 Å². The minimum atomic E-state index is -2.96. The maximum absolute atomic E-state index is 11.9. The van der Waals surface area contributed by atoms with E-state index in [2.05, 4.69) is 5.32 Å². The van der Waals surface area contributed by atoms with Gasteiger partial charge in [-0.15, -0.1) is 0 Å². The van der Waals surface area contributed by atoms with Gasteiger partial charge in [-0.25, -0.2) is 8.42 Å². The molecule has 0 spiro atoms. The molecule has 27 heavy (non-hydrogen) atoms. The number of hydrogen-bond acceptors (Lipinski definition) is 5. The lowest BCUT2D eigenvalue weighted by Gasteiger charge is -2.33.